The van der Waals surface area contributed by atoms with Crippen LogP contribution in [-0.4, -0.2) is 0 Å². The monoisotopic (exact) mass is 278 g/mol. The third-order valence-electron chi connectivity index (χ3n) is 4.16. The van der Waals surface area contributed by atoms with Crippen LogP contribution >= 0.6 is 0 Å². The maximum absolute atomic E-state index is 9.26. The first kappa shape index (κ1) is 12.4. The number of nitrogens with zero attached hydrogens (tertiary/aromatic N) is 2. The van der Waals surface area contributed by atoms with E-state index in [-0.39, 0.29) is 0 Å². The van der Waals surface area contributed by atoms with E-state index in [1.165, 1.54) is 0 Å². The summed E-state index contributed by atoms with van der Waals surface area (Å²) in [6.07, 6.45) is 0. The number of hydrogen-bond acceptors (Lipinski definition) is 2. The third kappa shape index (κ3) is 1.59. The van der Waals surface area contributed by atoms with Gasteiger partial charge in [-0.3, -0.25) is 0 Å². The second-order valence-corrected chi connectivity index (χ2v) is 5.25. The standard InChI is InChI=1S/C20H10N2/c21-11-13-3-1-5-17-15(13)7-10-20-18-6-2-4-14(12-22)16(18)8-9-19(17)20/h1-10H. The molecular formula is C20H10N2. The van der Waals surface area contributed by atoms with Gasteiger partial charge in [-0.2, -0.15) is 10.5 Å². The Bertz CT molecular complexity index is 1050. The van der Waals surface area contributed by atoms with Crippen molar-refractivity contribution in [2.24, 2.45) is 0 Å². The van der Waals surface area contributed by atoms with Crippen LogP contribution in [0.15, 0.2) is 60.7 Å². The van der Waals surface area contributed by atoms with E-state index in [1.807, 2.05) is 60.7 Å². The second kappa shape index (κ2) is 4.58. The van der Waals surface area contributed by atoms with Crippen molar-refractivity contribution in [2.45, 2.75) is 0 Å². The van der Waals surface area contributed by atoms with Gasteiger partial charge in [-0.25, -0.2) is 0 Å². The fourth-order valence-electron chi connectivity index (χ4n) is 3.14. The van der Waals surface area contributed by atoms with Gasteiger partial charge in [-0.05, 0) is 33.7 Å². The molecule has 0 atom stereocenters. The summed E-state index contributed by atoms with van der Waals surface area (Å²) >= 11 is 0. The van der Waals surface area contributed by atoms with Crippen molar-refractivity contribution in [3.8, 4) is 12.1 Å². The van der Waals surface area contributed by atoms with Gasteiger partial charge in [0.1, 0.15) is 0 Å². The summed E-state index contributed by atoms with van der Waals surface area (Å²) in [4.78, 5) is 0. The average molecular weight is 278 g/mol. The molecule has 4 aromatic rings. The number of nitriles is 2. The van der Waals surface area contributed by atoms with Crippen LogP contribution in [0, 0.1) is 22.7 Å². The van der Waals surface area contributed by atoms with E-state index >= 15 is 0 Å². The molecule has 0 bridgehead atoms. The second-order valence-electron chi connectivity index (χ2n) is 5.25. The van der Waals surface area contributed by atoms with Gasteiger partial charge in [0.2, 0.25) is 0 Å². The molecule has 0 aromatic heterocycles. The lowest BCUT2D eigenvalue weighted by Gasteiger charge is -2.09. The highest BCUT2D eigenvalue weighted by Crippen LogP contribution is 2.33. The molecule has 0 heterocycles. The first-order valence-corrected chi connectivity index (χ1v) is 7.01. The Morgan fingerprint density at radius 1 is 0.455 bits per heavy atom. The van der Waals surface area contributed by atoms with Crippen molar-refractivity contribution in [1.82, 2.24) is 0 Å². The fraction of sp³-hybridized carbons (Fsp3) is 0. The van der Waals surface area contributed by atoms with Gasteiger partial charge >= 0.3 is 0 Å². The van der Waals surface area contributed by atoms with Crippen molar-refractivity contribution in [1.29, 1.82) is 10.5 Å². The Hall–Kier alpha value is -3.36. The first-order valence-electron chi connectivity index (χ1n) is 7.01. The molecule has 4 aromatic carbocycles. The van der Waals surface area contributed by atoms with Crippen molar-refractivity contribution in [3.05, 3.63) is 71.8 Å². The van der Waals surface area contributed by atoms with E-state index < -0.39 is 0 Å². The van der Waals surface area contributed by atoms with Crippen LogP contribution in [0.4, 0.5) is 0 Å². The minimum Gasteiger partial charge on any atom is -0.192 e. The highest BCUT2D eigenvalue weighted by molar-refractivity contribution is 6.18. The average Bonchev–Trinajstić information content (AvgIpc) is 2.59. The molecule has 0 N–H and O–H groups in total. The van der Waals surface area contributed by atoms with Gasteiger partial charge in [0, 0.05) is 10.8 Å². The molecule has 0 aliphatic heterocycles. The largest absolute Gasteiger partial charge is 0.192 e. The highest BCUT2D eigenvalue weighted by Gasteiger charge is 2.08. The molecule has 0 fully saturated rings. The van der Waals surface area contributed by atoms with Gasteiger partial charge in [0.15, 0.2) is 0 Å². The number of rotatable bonds is 0. The molecule has 0 spiro atoms. The molecule has 100 valence electrons. The molecule has 0 saturated carbocycles. The molecule has 4 rings (SSSR count). The van der Waals surface area contributed by atoms with Crippen LogP contribution in [-0.2, 0) is 0 Å². The molecule has 0 saturated heterocycles. The minimum atomic E-state index is 0.685. The minimum absolute atomic E-state index is 0.685. The predicted octanol–water partition coefficient (Wildman–Crippen LogP) is 4.89. The van der Waals surface area contributed by atoms with Gasteiger partial charge in [-0.1, -0.05) is 48.5 Å². The van der Waals surface area contributed by atoms with Gasteiger partial charge in [0.25, 0.3) is 0 Å². The normalized spacial score (nSPS) is 10.6. The van der Waals surface area contributed by atoms with Crippen LogP contribution in [0.1, 0.15) is 11.1 Å². The predicted molar refractivity (Wildman–Crippen MR) is 88.4 cm³/mol. The molecule has 22 heavy (non-hydrogen) atoms. The zero-order valence-electron chi connectivity index (χ0n) is 11.7. The number of benzene rings is 4. The molecule has 0 aliphatic rings. The molecule has 0 amide bonds. The molecule has 0 unspecified atom stereocenters. The molecule has 2 nitrogen and oxygen atoms in total. The van der Waals surface area contributed by atoms with Crippen molar-refractivity contribution >= 4 is 32.3 Å². The molecule has 2 heteroatoms. The van der Waals surface area contributed by atoms with Crippen LogP contribution in [0.2, 0.25) is 0 Å². The Balaban J connectivity index is 2.25. The summed E-state index contributed by atoms with van der Waals surface area (Å²) in [5.74, 6) is 0. The van der Waals surface area contributed by atoms with E-state index in [2.05, 4.69) is 12.1 Å². The lowest BCUT2D eigenvalue weighted by molar-refractivity contribution is 1.50. The number of hydrogen-bond donors (Lipinski definition) is 0. The van der Waals surface area contributed by atoms with Crippen LogP contribution in [0.5, 0.6) is 0 Å². The van der Waals surface area contributed by atoms with Crippen LogP contribution in [0.25, 0.3) is 32.3 Å². The Morgan fingerprint density at radius 3 is 1.23 bits per heavy atom. The van der Waals surface area contributed by atoms with Crippen molar-refractivity contribution in [3.63, 3.8) is 0 Å². The van der Waals surface area contributed by atoms with Gasteiger partial charge in [-0.15, -0.1) is 0 Å². The van der Waals surface area contributed by atoms with E-state index in [0.29, 0.717) is 11.1 Å². The lowest BCUT2D eigenvalue weighted by Crippen LogP contribution is -1.85. The first-order chi connectivity index (χ1) is 10.8. The van der Waals surface area contributed by atoms with Crippen molar-refractivity contribution in [2.75, 3.05) is 0 Å². The zero-order chi connectivity index (χ0) is 15.1. The van der Waals surface area contributed by atoms with E-state index in [4.69, 9.17) is 0 Å². The summed E-state index contributed by atoms with van der Waals surface area (Å²) in [7, 11) is 0. The maximum Gasteiger partial charge on any atom is 0.0998 e. The summed E-state index contributed by atoms with van der Waals surface area (Å²) < 4.78 is 0. The summed E-state index contributed by atoms with van der Waals surface area (Å²) in [5, 5.41) is 24.8. The topological polar surface area (TPSA) is 47.6 Å². The quantitative estimate of drug-likeness (QED) is 0.430. The van der Waals surface area contributed by atoms with Crippen molar-refractivity contribution < 1.29 is 0 Å². The summed E-state index contributed by atoms with van der Waals surface area (Å²) in [6, 6.07) is 24.1. The van der Waals surface area contributed by atoms with Gasteiger partial charge in [0.05, 0.1) is 23.3 Å². The Labute approximate surface area is 127 Å². The Kier molecular flexibility index (Phi) is 2.58. The fourth-order valence-corrected chi connectivity index (χ4v) is 3.14. The molecule has 0 radical (unpaired) electrons. The van der Waals surface area contributed by atoms with E-state index in [9.17, 15) is 10.5 Å². The molecular weight excluding hydrogens is 268 g/mol. The third-order valence-corrected chi connectivity index (χ3v) is 4.16. The highest BCUT2D eigenvalue weighted by atomic mass is 14.2. The summed E-state index contributed by atoms with van der Waals surface area (Å²) in [6.45, 7) is 0. The summed E-state index contributed by atoms with van der Waals surface area (Å²) in [5.41, 5.74) is 1.37. The maximum atomic E-state index is 9.26. The smallest absolute Gasteiger partial charge is 0.0998 e. The van der Waals surface area contributed by atoms with E-state index in [1.54, 1.807) is 0 Å². The van der Waals surface area contributed by atoms with Gasteiger partial charge < -0.3 is 0 Å². The SMILES string of the molecule is N#Cc1cccc2c1ccc1c3cccc(C#N)c3ccc21. The lowest BCUT2D eigenvalue weighted by atomic mass is 9.94. The zero-order valence-corrected chi connectivity index (χ0v) is 11.7. The van der Waals surface area contributed by atoms with E-state index in [0.717, 1.165) is 32.3 Å². The Morgan fingerprint density at radius 2 is 0.818 bits per heavy atom. The molecule has 0 aliphatic carbocycles. The van der Waals surface area contributed by atoms with Crippen LogP contribution < -0.4 is 0 Å². The number of fused-ring (bicyclic) bond motifs is 5. The van der Waals surface area contributed by atoms with Crippen LogP contribution in [0.3, 0.4) is 0 Å².